The molecular weight excluding hydrogens is 324 g/mol. The lowest BCUT2D eigenvalue weighted by atomic mass is 10.1. The van der Waals surface area contributed by atoms with Crippen LogP contribution >= 0.6 is 11.8 Å². The van der Waals surface area contributed by atoms with E-state index in [0.717, 1.165) is 16.5 Å². The number of methoxy groups -OCH3 is 1. The molecule has 0 bridgehead atoms. The Labute approximate surface area is 147 Å². The van der Waals surface area contributed by atoms with Crippen molar-refractivity contribution in [1.82, 2.24) is 19.7 Å². The van der Waals surface area contributed by atoms with Crippen LogP contribution in [-0.2, 0) is 4.79 Å². The quantitative estimate of drug-likeness (QED) is 0.719. The summed E-state index contributed by atoms with van der Waals surface area (Å²) in [6.45, 7) is 6.12. The molecule has 0 saturated heterocycles. The van der Waals surface area contributed by atoms with Gasteiger partial charge >= 0.3 is 0 Å². The Morgan fingerprint density at radius 1 is 1.33 bits per heavy atom. The molecule has 0 spiro atoms. The summed E-state index contributed by atoms with van der Waals surface area (Å²) in [5, 5.41) is 8.77. The Morgan fingerprint density at radius 3 is 2.71 bits per heavy atom. The summed E-state index contributed by atoms with van der Waals surface area (Å²) in [6, 6.07) is 7.96. The van der Waals surface area contributed by atoms with Crippen molar-refractivity contribution in [2.24, 2.45) is 0 Å². The average molecular weight is 348 g/mol. The molecule has 0 radical (unpaired) electrons. The van der Waals surface area contributed by atoms with Crippen molar-refractivity contribution in [3.63, 3.8) is 0 Å². The summed E-state index contributed by atoms with van der Waals surface area (Å²) in [5.41, 5.74) is 0.992. The van der Waals surface area contributed by atoms with Crippen LogP contribution < -0.4 is 4.74 Å². The molecule has 1 heterocycles. The van der Waals surface area contributed by atoms with Gasteiger partial charge in [-0.3, -0.25) is 4.79 Å². The Balaban J connectivity index is 2.02. The topological polar surface area (TPSA) is 60.2 Å². The van der Waals surface area contributed by atoms with Crippen molar-refractivity contribution in [3.8, 4) is 5.75 Å². The maximum atomic E-state index is 12.5. The molecule has 6 nitrogen and oxygen atoms in total. The number of aromatic nitrogens is 3. The minimum atomic E-state index is -0.0720. The summed E-state index contributed by atoms with van der Waals surface area (Å²) < 4.78 is 7.35. The van der Waals surface area contributed by atoms with Crippen LogP contribution in [0, 0.1) is 0 Å². The largest absolute Gasteiger partial charge is 0.496 e. The molecule has 1 amide bonds. The van der Waals surface area contributed by atoms with Crippen LogP contribution in [0.3, 0.4) is 0 Å². The summed E-state index contributed by atoms with van der Waals surface area (Å²) in [5.74, 6) is 1.15. The first-order valence-corrected chi connectivity index (χ1v) is 8.85. The van der Waals surface area contributed by atoms with Crippen molar-refractivity contribution in [2.45, 2.75) is 38.0 Å². The Kier molecular flexibility index (Phi) is 6.25. The second-order valence-electron chi connectivity index (χ2n) is 5.83. The van der Waals surface area contributed by atoms with Crippen molar-refractivity contribution < 1.29 is 9.53 Å². The number of amides is 1. The van der Waals surface area contributed by atoms with Gasteiger partial charge in [0.05, 0.1) is 18.9 Å². The van der Waals surface area contributed by atoms with Gasteiger partial charge in [0.15, 0.2) is 5.16 Å². The predicted octanol–water partition coefficient (Wildman–Crippen LogP) is 3.18. The minimum Gasteiger partial charge on any atom is -0.496 e. The fraction of sp³-hybridized carbons (Fsp3) is 0.471. The van der Waals surface area contributed by atoms with Gasteiger partial charge in [0.25, 0.3) is 0 Å². The van der Waals surface area contributed by atoms with Crippen molar-refractivity contribution in [1.29, 1.82) is 0 Å². The first-order chi connectivity index (χ1) is 11.5. The van der Waals surface area contributed by atoms with E-state index < -0.39 is 0 Å². The molecule has 0 aliphatic carbocycles. The molecular formula is C17H24N4O2S. The monoisotopic (exact) mass is 348 g/mol. The van der Waals surface area contributed by atoms with E-state index in [9.17, 15) is 4.79 Å². The predicted molar refractivity (Wildman–Crippen MR) is 95.3 cm³/mol. The second-order valence-corrected chi connectivity index (χ2v) is 6.77. The van der Waals surface area contributed by atoms with Gasteiger partial charge in [-0.1, -0.05) is 30.0 Å². The van der Waals surface area contributed by atoms with Crippen molar-refractivity contribution in [2.75, 3.05) is 19.9 Å². The van der Waals surface area contributed by atoms with E-state index in [1.807, 2.05) is 42.8 Å². The third-order valence-corrected chi connectivity index (χ3v) is 4.93. The molecule has 0 aliphatic heterocycles. The Morgan fingerprint density at radius 2 is 2.04 bits per heavy atom. The van der Waals surface area contributed by atoms with Crippen molar-refractivity contribution >= 4 is 17.7 Å². The van der Waals surface area contributed by atoms with Gasteiger partial charge in [0.1, 0.15) is 12.1 Å². The van der Waals surface area contributed by atoms with E-state index in [0.29, 0.717) is 5.75 Å². The fourth-order valence-corrected chi connectivity index (χ4v) is 3.32. The average Bonchev–Trinajstić information content (AvgIpc) is 3.07. The van der Waals surface area contributed by atoms with E-state index in [2.05, 4.69) is 24.0 Å². The molecule has 2 aromatic rings. The summed E-state index contributed by atoms with van der Waals surface area (Å²) >= 11 is 1.41. The molecule has 1 atom stereocenters. The zero-order valence-corrected chi connectivity index (χ0v) is 15.6. The van der Waals surface area contributed by atoms with E-state index in [1.54, 1.807) is 18.3 Å². The normalized spacial score (nSPS) is 12.2. The summed E-state index contributed by atoms with van der Waals surface area (Å²) in [6.07, 6.45) is 1.69. The standard InChI is InChI=1S/C17H24N4O2S/c1-12(2)21-11-18-19-17(21)24-10-16(22)20(4)13(3)14-8-6-7-9-15(14)23-5/h6-9,11-13H,10H2,1-5H3. The van der Waals surface area contributed by atoms with Gasteiger partial charge < -0.3 is 14.2 Å². The molecule has 1 aromatic carbocycles. The van der Waals surface area contributed by atoms with Crippen molar-refractivity contribution in [3.05, 3.63) is 36.2 Å². The van der Waals surface area contributed by atoms with E-state index >= 15 is 0 Å². The summed E-state index contributed by atoms with van der Waals surface area (Å²) in [7, 11) is 3.45. The van der Waals surface area contributed by atoms with Gasteiger partial charge in [0, 0.05) is 18.7 Å². The Bertz CT molecular complexity index is 687. The highest BCUT2D eigenvalue weighted by molar-refractivity contribution is 7.99. The lowest BCUT2D eigenvalue weighted by molar-refractivity contribution is -0.128. The van der Waals surface area contributed by atoms with Gasteiger partial charge in [0.2, 0.25) is 5.91 Å². The molecule has 0 fully saturated rings. The van der Waals surface area contributed by atoms with Gasteiger partial charge in [-0.2, -0.15) is 0 Å². The summed E-state index contributed by atoms with van der Waals surface area (Å²) in [4.78, 5) is 14.3. The second kappa shape index (κ2) is 8.19. The lowest BCUT2D eigenvalue weighted by Gasteiger charge is -2.26. The van der Waals surface area contributed by atoms with Gasteiger partial charge in [-0.05, 0) is 26.8 Å². The van der Waals surface area contributed by atoms with E-state index in [-0.39, 0.29) is 18.0 Å². The third kappa shape index (κ3) is 4.08. The number of hydrogen-bond donors (Lipinski definition) is 0. The Hall–Kier alpha value is -2.02. The van der Waals surface area contributed by atoms with Crippen LogP contribution in [0.25, 0.3) is 0 Å². The zero-order chi connectivity index (χ0) is 17.7. The number of nitrogens with zero attached hydrogens (tertiary/aromatic N) is 4. The number of benzene rings is 1. The van der Waals surface area contributed by atoms with E-state index in [4.69, 9.17) is 4.74 Å². The third-order valence-electron chi connectivity index (χ3n) is 3.98. The van der Waals surface area contributed by atoms with Gasteiger partial charge in [-0.15, -0.1) is 10.2 Å². The highest BCUT2D eigenvalue weighted by Gasteiger charge is 2.21. The number of hydrogen-bond acceptors (Lipinski definition) is 5. The maximum Gasteiger partial charge on any atom is 0.233 e. The maximum absolute atomic E-state index is 12.5. The number of thioether (sulfide) groups is 1. The highest BCUT2D eigenvalue weighted by atomic mass is 32.2. The van der Waals surface area contributed by atoms with Crippen LogP contribution in [0.5, 0.6) is 5.75 Å². The van der Waals surface area contributed by atoms with Crippen LogP contribution in [-0.4, -0.2) is 45.5 Å². The van der Waals surface area contributed by atoms with E-state index in [1.165, 1.54) is 11.8 Å². The number of para-hydroxylation sites is 1. The smallest absolute Gasteiger partial charge is 0.233 e. The molecule has 0 aliphatic rings. The highest BCUT2D eigenvalue weighted by Crippen LogP contribution is 2.29. The SMILES string of the molecule is COc1ccccc1C(C)N(C)C(=O)CSc1nncn1C(C)C. The molecule has 0 saturated carbocycles. The van der Waals surface area contributed by atoms with Crippen LogP contribution in [0.15, 0.2) is 35.7 Å². The fourth-order valence-electron chi connectivity index (χ4n) is 2.35. The number of carbonyl (C=O) groups is 1. The number of ether oxygens (including phenoxy) is 1. The first kappa shape index (κ1) is 18.3. The first-order valence-electron chi connectivity index (χ1n) is 7.86. The van der Waals surface area contributed by atoms with Crippen LogP contribution in [0.1, 0.15) is 38.4 Å². The number of carbonyl (C=O) groups excluding carboxylic acids is 1. The number of rotatable bonds is 7. The molecule has 2 rings (SSSR count). The van der Waals surface area contributed by atoms with Gasteiger partial charge in [-0.25, -0.2) is 0 Å². The molecule has 24 heavy (non-hydrogen) atoms. The van der Waals surface area contributed by atoms with Crippen LogP contribution in [0.4, 0.5) is 0 Å². The molecule has 1 aromatic heterocycles. The minimum absolute atomic E-state index is 0.0386. The molecule has 7 heteroatoms. The zero-order valence-electron chi connectivity index (χ0n) is 14.8. The lowest BCUT2D eigenvalue weighted by Crippen LogP contribution is -2.31. The molecule has 130 valence electrons. The van der Waals surface area contributed by atoms with Crippen LogP contribution in [0.2, 0.25) is 0 Å². The molecule has 0 N–H and O–H groups in total. The molecule has 1 unspecified atom stereocenters.